The van der Waals surface area contributed by atoms with Gasteiger partial charge in [0.15, 0.2) is 0 Å². The lowest BCUT2D eigenvalue weighted by Crippen LogP contribution is -2.23. The first kappa shape index (κ1) is 11.8. The van der Waals surface area contributed by atoms with Crippen molar-refractivity contribution in [2.75, 3.05) is 0 Å². The van der Waals surface area contributed by atoms with E-state index in [0.29, 0.717) is 12.1 Å². The second kappa shape index (κ2) is 5.10. The number of carbonyl (C=O) groups excluding carboxylic acids is 1. The Hall–Kier alpha value is -1.68. The maximum absolute atomic E-state index is 13.7. The highest BCUT2D eigenvalue weighted by atomic mass is 32.1. The molecule has 4 heteroatoms. The van der Waals surface area contributed by atoms with E-state index < -0.39 is 5.82 Å². The highest BCUT2D eigenvalue weighted by molar-refractivity contribution is 7.07. The number of benzene rings is 1. The second-order valence-corrected chi connectivity index (χ2v) is 4.53. The van der Waals surface area contributed by atoms with Gasteiger partial charge in [-0.1, -0.05) is 12.1 Å². The Morgan fingerprint density at radius 3 is 2.94 bits per heavy atom. The van der Waals surface area contributed by atoms with Gasteiger partial charge in [0.25, 0.3) is 5.91 Å². The topological polar surface area (TPSA) is 29.1 Å². The van der Waals surface area contributed by atoms with Crippen molar-refractivity contribution in [1.82, 2.24) is 5.32 Å². The molecule has 1 aromatic carbocycles. The van der Waals surface area contributed by atoms with Gasteiger partial charge in [-0.3, -0.25) is 4.79 Å². The molecule has 1 heterocycles. The molecule has 0 atom stereocenters. The normalized spacial score (nSPS) is 10.2. The van der Waals surface area contributed by atoms with Gasteiger partial charge >= 0.3 is 0 Å². The van der Waals surface area contributed by atoms with E-state index in [4.69, 9.17) is 0 Å². The molecule has 0 spiro atoms. The second-order valence-electron chi connectivity index (χ2n) is 3.75. The number of amides is 1. The van der Waals surface area contributed by atoms with Gasteiger partial charge in [0, 0.05) is 6.54 Å². The van der Waals surface area contributed by atoms with Crippen molar-refractivity contribution in [2.45, 2.75) is 13.5 Å². The molecule has 0 saturated heterocycles. The number of thiophene rings is 1. The molecule has 1 N–H and O–H groups in total. The van der Waals surface area contributed by atoms with Crippen LogP contribution in [-0.4, -0.2) is 5.91 Å². The number of nitrogens with one attached hydrogen (secondary N) is 1. The Bertz CT molecular complexity index is 522. The molecule has 0 fully saturated rings. The van der Waals surface area contributed by atoms with Gasteiger partial charge in [0.05, 0.1) is 5.56 Å². The SMILES string of the molecule is Cc1cccc(C(=O)NCc2ccsc2)c1F. The molecule has 0 radical (unpaired) electrons. The van der Waals surface area contributed by atoms with Crippen molar-refractivity contribution in [3.8, 4) is 0 Å². The fourth-order valence-electron chi connectivity index (χ4n) is 1.49. The monoisotopic (exact) mass is 249 g/mol. The molecule has 2 nitrogen and oxygen atoms in total. The number of hydrogen-bond donors (Lipinski definition) is 1. The van der Waals surface area contributed by atoms with Crippen LogP contribution in [0, 0.1) is 12.7 Å². The van der Waals surface area contributed by atoms with Crippen LogP contribution >= 0.6 is 11.3 Å². The number of halogens is 1. The zero-order valence-corrected chi connectivity index (χ0v) is 10.2. The molecule has 0 aliphatic heterocycles. The van der Waals surface area contributed by atoms with Crippen LogP contribution in [0.2, 0.25) is 0 Å². The molecular weight excluding hydrogens is 237 g/mol. The molecule has 0 aliphatic rings. The van der Waals surface area contributed by atoms with Crippen molar-refractivity contribution in [3.05, 3.63) is 57.5 Å². The lowest BCUT2D eigenvalue weighted by molar-refractivity contribution is 0.0946. The summed E-state index contributed by atoms with van der Waals surface area (Å²) in [5, 5.41) is 6.59. The minimum Gasteiger partial charge on any atom is -0.348 e. The first-order chi connectivity index (χ1) is 8.18. The standard InChI is InChI=1S/C13H12FNOS/c1-9-3-2-4-11(12(9)14)13(16)15-7-10-5-6-17-8-10/h2-6,8H,7H2,1H3,(H,15,16). The van der Waals surface area contributed by atoms with Gasteiger partial charge in [0.1, 0.15) is 5.82 Å². The Balaban J connectivity index is 2.07. The van der Waals surface area contributed by atoms with E-state index in [9.17, 15) is 9.18 Å². The molecule has 2 aromatic rings. The van der Waals surface area contributed by atoms with E-state index in [1.807, 2.05) is 16.8 Å². The van der Waals surface area contributed by atoms with Crippen LogP contribution in [0.5, 0.6) is 0 Å². The van der Waals surface area contributed by atoms with Crippen LogP contribution in [0.25, 0.3) is 0 Å². The molecule has 1 aromatic heterocycles. The van der Waals surface area contributed by atoms with Crippen LogP contribution in [-0.2, 0) is 6.54 Å². The molecule has 0 saturated carbocycles. The minimum absolute atomic E-state index is 0.0974. The van der Waals surface area contributed by atoms with Gasteiger partial charge in [0.2, 0.25) is 0 Å². The molecule has 88 valence electrons. The predicted molar refractivity (Wildman–Crippen MR) is 66.6 cm³/mol. The summed E-state index contributed by atoms with van der Waals surface area (Å²) >= 11 is 1.57. The van der Waals surface area contributed by atoms with Gasteiger partial charge in [-0.15, -0.1) is 0 Å². The van der Waals surface area contributed by atoms with E-state index in [0.717, 1.165) is 5.56 Å². The summed E-state index contributed by atoms with van der Waals surface area (Å²) < 4.78 is 13.7. The van der Waals surface area contributed by atoms with E-state index in [1.165, 1.54) is 6.07 Å². The molecule has 2 rings (SSSR count). The van der Waals surface area contributed by atoms with Crippen LogP contribution in [0.3, 0.4) is 0 Å². The van der Waals surface area contributed by atoms with E-state index in [2.05, 4.69) is 5.32 Å². The largest absolute Gasteiger partial charge is 0.348 e. The lowest BCUT2D eigenvalue weighted by atomic mass is 10.1. The Morgan fingerprint density at radius 2 is 2.24 bits per heavy atom. The summed E-state index contributed by atoms with van der Waals surface area (Å²) in [5.74, 6) is -0.826. The van der Waals surface area contributed by atoms with E-state index in [1.54, 1.807) is 30.4 Å². The van der Waals surface area contributed by atoms with Crippen molar-refractivity contribution < 1.29 is 9.18 Å². The van der Waals surface area contributed by atoms with Crippen molar-refractivity contribution in [3.63, 3.8) is 0 Å². The average molecular weight is 249 g/mol. The zero-order valence-electron chi connectivity index (χ0n) is 9.37. The molecule has 0 aliphatic carbocycles. The average Bonchev–Trinajstić information content (AvgIpc) is 2.82. The molecule has 1 amide bonds. The fourth-order valence-corrected chi connectivity index (χ4v) is 2.16. The van der Waals surface area contributed by atoms with E-state index in [-0.39, 0.29) is 11.5 Å². The summed E-state index contributed by atoms with van der Waals surface area (Å²) in [4.78, 5) is 11.8. The van der Waals surface area contributed by atoms with Crippen molar-refractivity contribution in [2.24, 2.45) is 0 Å². The maximum Gasteiger partial charge on any atom is 0.254 e. The summed E-state index contributed by atoms with van der Waals surface area (Å²) in [5.41, 5.74) is 1.60. The highest BCUT2D eigenvalue weighted by Gasteiger charge is 2.12. The number of aryl methyl sites for hydroxylation is 1. The molecule has 0 unspecified atom stereocenters. The highest BCUT2D eigenvalue weighted by Crippen LogP contribution is 2.12. The number of hydrogen-bond acceptors (Lipinski definition) is 2. The molecule has 17 heavy (non-hydrogen) atoms. The van der Waals surface area contributed by atoms with Crippen molar-refractivity contribution >= 4 is 17.2 Å². The molecular formula is C13H12FNOS. The number of rotatable bonds is 3. The van der Waals surface area contributed by atoms with Crippen LogP contribution in [0.1, 0.15) is 21.5 Å². The maximum atomic E-state index is 13.7. The van der Waals surface area contributed by atoms with Crippen LogP contribution < -0.4 is 5.32 Å². The Labute approximate surface area is 103 Å². The summed E-state index contributed by atoms with van der Waals surface area (Å²) in [6.45, 7) is 2.07. The zero-order chi connectivity index (χ0) is 12.3. The van der Waals surface area contributed by atoms with Gasteiger partial charge < -0.3 is 5.32 Å². The molecule has 0 bridgehead atoms. The first-order valence-corrected chi connectivity index (χ1v) is 6.17. The summed E-state index contributed by atoms with van der Waals surface area (Å²) in [6, 6.07) is 6.74. The van der Waals surface area contributed by atoms with Gasteiger partial charge in [-0.05, 0) is 40.9 Å². The van der Waals surface area contributed by atoms with Crippen LogP contribution in [0.15, 0.2) is 35.0 Å². The Morgan fingerprint density at radius 1 is 1.41 bits per heavy atom. The number of carbonyl (C=O) groups is 1. The van der Waals surface area contributed by atoms with Crippen LogP contribution in [0.4, 0.5) is 4.39 Å². The lowest BCUT2D eigenvalue weighted by Gasteiger charge is -2.06. The third-order valence-electron chi connectivity index (χ3n) is 2.47. The third-order valence-corrected chi connectivity index (χ3v) is 3.20. The predicted octanol–water partition coefficient (Wildman–Crippen LogP) is 3.13. The Kier molecular flexibility index (Phi) is 3.54. The van der Waals surface area contributed by atoms with Crippen molar-refractivity contribution in [1.29, 1.82) is 0 Å². The quantitative estimate of drug-likeness (QED) is 0.889. The first-order valence-electron chi connectivity index (χ1n) is 5.23. The van der Waals surface area contributed by atoms with Gasteiger partial charge in [-0.25, -0.2) is 4.39 Å². The summed E-state index contributed by atoms with van der Waals surface area (Å²) in [7, 11) is 0. The third kappa shape index (κ3) is 2.71. The van der Waals surface area contributed by atoms with Gasteiger partial charge in [-0.2, -0.15) is 11.3 Å². The minimum atomic E-state index is -0.449. The van der Waals surface area contributed by atoms with E-state index >= 15 is 0 Å². The fraction of sp³-hybridized carbons (Fsp3) is 0.154. The summed E-state index contributed by atoms with van der Waals surface area (Å²) in [6.07, 6.45) is 0. The smallest absolute Gasteiger partial charge is 0.254 e.